The molecule has 0 aromatic heterocycles. The molecule has 0 aromatic rings. The Labute approximate surface area is 101 Å². The fraction of sp³-hybridized carbons (Fsp3) is 0.889. The molecule has 8 heteroatoms. The summed E-state index contributed by atoms with van der Waals surface area (Å²) in [5, 5.41) is 19.3. The van der Waals surface area contributed by atoms with Crippen LogP contribution in [0, 0.1) is 5.92 Å². The van der Waals surface area contributed by atoms with E-state index in [4.69, 9.17) is 5.11 Å². The quantitative estimate of drug-likeness (QED) is 0.539. The summed E-state index contributed by atoms with van der Waals surface area (Å²) in [4.78, 5) is 10.6. The predicted octanol–water partition coefficient (Wildman–Crippen LogP) is -3.36. The van der Waals surface area contributed by atoms with Gasteiger partial charge in [0, 0.05) is 13.1 Å². The zero-order chi connectivity index (χ0) is 13.1. The number of aliphatic hydroxyl groups excluding tert-OH is 1. The molecule has 0 aliphatic carbocycles. The van der Waals surface area contributed by atoms with Gasteiger partial charge in [0.05, 0.1) is 0 Å². The molecule has 0 radical (unpaired) electrons. The van der Waals surface area contributed by atoms with Crippen molar-refractivity contribution >= 4 is 16.2 Å². The Bertz CT molecular complexity index is 362. The normalized spacial score (nSPS) is 21.3. The third kappa shape index (κ3) is 3.91. The van der Waals surface area contributed by atoms with Crippen molar-refractivity contribution in [1.82, 2.24) is 4.31 Å². The third-order valence-electron chi connectivity index (χ3n) is 2.94. The van der Waals surface area contributed by atoms with Crippen molar-refractivity contribution in [1.29, 1.82) is 0 Å². The largest absolute Gasteiger partial charge is 0.544 e. The third-order valence-corrected chi connectivity index (χ3v) is 4.70. The topological polar surface area (TPSA) is 114 Å². The van der Waals surface area contributed by atoms with Crippen molar-refractivity contribution in [2.75, 3.05) is 19.7 Å². The number of quaternary nitrogens is 1. The highest BCUT2D eigenvalue weighted by Crippen LogP contribution is 2.16. The van der Waals surface area contributed by atoms with Crippen molar-refractivity contribution in [2.24, 2.45) is 5.92 Å². The van der Waals surface area contributed by atoms with Gasteiger partial charge in [0.2, 0.25) is 0 Å². The van der Waals surface area contributed by atoms with E-state index in [0.717, 1.165) is 12.8 Å². The van der Waals surface area contributed by atoms with E-state index >= 15 is 0 Å². The van der Waals surface area contributed by atoms with Crippen LogP contribution in [0.25, 0.3) is 0 Å². The van der Waals surface area contributed by atoms with Crippen LogP contribution in [0.1, 0.15) is 19.8 Å². The maximum atomic E-state index is 11.8. The highest BCUT2D eigenvalue weighted by molar-refractivity contribution is 7.82. The zero-order valence-corrected chi connectivity index (χ0v) is 10.5. The average Bonchev–Trinajstić information content (AvgIpc) is 2.26. The van der Waals surface area contributed by atoms with Crippen LogP contribution in [0.3, 0.4) is 0 Å². The molecule has 0 saturated carbocycles. The van der Waals surface area contributed by atoms with Gasteiger partial charge in [-0.3, -0.25) is 0 Å². The van der Waals surface area contributed by atoms with Crippen LogP contribution >= 0.6 is 0 Å². The number of aliphatic hydroxyl groups is 1. The number of aliphatic carboxylic acids is 1. The number of hydrogen-bond acceptors (Lipinski definition) is 5. The first-order valence-electron chi connectivity index (χ1n) is 5.53. The summed E-state index contributed by atoms with van der Waals surface area (Å²) in [5.41, 5.74) is 0. The predicted molar refractivity (Wildman–Crippen MR) is 56.7 cm³/mol. The van der Waals surface area contributed by atoms with Gasteiger partial charge in [-0.05, 0) is 18.8 Å². The van der Waals surface area contributed by atoms with Gasteiger partial charge in [0.15, 0.2) is 6.04 Å². The highest BCUT2D eigenvalue weighted by atomic mass is 32.2. The van der Waals surface area contributed by atoms with Crippen molar-refractivity contribution in [3.05, 3.63) is 0 Å². The first-order chi connectivity index (χ1) is 7.86. The van der Waals surface area contributed by atoms with E-state index < -0.39 is 28.8 Å². The van der Waals surface area contributed by atoms with E-state index in [9.17, 15) is 18.3 Å². The molecule has 1 saturated heterocycles. The minimum Gasteiger partial charge on any atom is -0.544 e. The van der Waals surface area contributed by atoms with E-state index in [1.54, 1.807) is 0 Å². The average molecular weight is 266 g/mol. The molecule has 0 spiro atoms. The van der Waals surface area contributed by atoms with Crippen LogP contribution < -0.4 is 9.83 Å². The second kappa shape index (κ2) is 5.76. The van der Waals surface area contributed by atoms with Crippen molar-refractivity contribution in [2.45, 2.75) is 25.8 Å². The minimum absolute atomic E-state index is 0.394. The molecular formula is C9H18N2O5S. The smallest absolute Gasteiger partial charge is 0.369 e. The molecule has 1 aliphatic rings. The van der Waals surface area contributed by atoms with Crippen molar-refractivity contribution in [3.63, 3.8) is 0 Å². The lowest BCUT2D eigenvalue weighted by atomic mass is 10.0. The van der Waals surface area contributed by atoms with Gasteiger partial charge in [-0.1, -0.05) is 6.92 Å². The standard InChI is InChI=1S/C9H18N2O5S/c1-7-2-4-11(5-3-7)17(15,16)10-8(6-12)9(13)14/h7-8,10,12H,2-6H2,1H3,(H,13,14)/t8-/m0/s1. The number of carbonyl (C=O) groups is 1. The highest BCUT2D eigenvalue weighted by Gasteiger charge is 2.32. The minimum atomic E-state index is -3.74. The van der Waals surface area contributed by atoms with E-state index in [1.165, 1.54) is 4.31 Å². The second-order valence-electron chi connectivity index (χ2n) is 4.37. The van der Waals surface area contributed by atoms with Crippen molar-refractivity contribution in [3.8, 4) is 0 Å². The second-order valence-corrected chi connectivity index (χ2v) is 6.19. The first kappa shape index (κ1) is 14.4. The van der Waals surface area contributed by atoms with Gasteiger partial charge in [-0.2, -0.15) is 12.7 Å². The molecule has 1 atom stereocenters. The number of nitrogens with zero attached hydrogens (tertiary/aromatic N) is 1. The van der Waals surface area contributed by atoms with Gasteiger partial charge in [-0.15, -0.1) is 0 Å². The Kier molecular flexibility index (Phi) is 4.87. The summed E-state index contributed by atoms with van der Waals surface area (Å²) in [6, 6.07) is -1.47. The fourth-order valence-electron chi connectivity index (χ4n) is 1.71. The van der Waals surface area contributed by atoms with Crippen LogP contribution in [-0.2, 0) is 15.0 Å². The fourth-order valence-corrected chi connectivity index (χ4v) is 3.21. The number of carboxylic acid groups (broad SMARTS) is 1. The van der Waals surface area contributed by atoms with Gasteiger partial charge < -0.3 is 15.0 Å². The summed E-state index contributed by atoms with van der Waals surface area (Å²) in [6.07, 6.45) is 1.53. The van der Waals surface area contributed by atoms with Crippen molar-refractivity contribution < 1.29 is 28.1 Å². The molecule has 17 heavy (non-hydrogen) atoms. The van der Waals surface area contributed by atoms with E-state index in [2.05, 4.69) is 0 Å². The van der Waals surface area contributed by atoms with Gasteiger partial charge in [0.25, 0.3) is 0 Å². The van der Waals surface area contributed by atoms with Crippen LogP contribution in [0.5, 0.6) is 0 Å². The molecule has 0 bridgehead atoms. The lowest BCUT2D eigenvalue weighted by molar-refractivity contribution is -0.547. The Morgan fingerprint density at radius 1 is 1.53 bits per heavy atom. The molecule has 0 unspecified atom stereocenters. The molecular weight excluding hydrogens is 248 g/mol. The Morgan fingerprint density at radius 3 is 2.47 bits per heavy atom. The number of hydrogen-bond donors (Lipinski definition) is 2. The number of nitrogens with two attached hydrogens (primary N) is 1. The summed E-state index contributed by atoms with van der Waals surface area (Å²) in [7, 11) is -3.74. The van der Waals surface area contributed by atoms with Crippen LogP contribution in [0.2, 0.25) is 0 Å². The Balaban J connectivity index is 2.65. The Hall–Kier alpha value is -0.700. The van der Waals surface area contributed by atoms with Gasteiger partial charge >= 0.3 is 10.2 Å². The zero-order valence-electron chi connectivity index (χ0n) is 9.70. The maximum Gasteiger partial charge on any atom is 0.369 e. The molecule has 1 aliphatic heterocycles. The number of carbonyl (C=O) groups excluding carboxylic acids is 1. The summed E-state index contributed by atoms with van der Waals surface area (Å²) in [6.45, 7) is 2.06. The molecule has 0 amide bonds. The molecule has 7 nitrogen and oxygen atoms in total. The van der Waals surface area contributed by atoms with Crippen LogP contribution in [0.4, 0.5) is 0 Å². The number of piperidine rings is 1. The van der Waals surface area contributed by atoms with Gasteiger partial charge in [0.1, 0.15) is 12.6 Å². The van der Waals surface area contributed by atoms with E-state index in [0.29, 0.717) is 23.7 Å². The molecule has 3 N–H and O–H groups in total. The monoisotopic (exact) mass is 266 g/mol. The summed E-state index contributed by atoms with van der Waals surface area (Å²) in [5.74, 6) is -1.10. The summed E-state index contributed by atoms with van der Waals surface area (Å²) >= 11 is 0. The number of rotatable bonds is 5. The molecule has 100 valence electrons. The molecule has 1 rings (SSSR count). The maximum absolute atomic E-state index is 11.8. The lowest BCUT2D eigenvalue weighted by Crippen LogP contribution is -2.98. The van der Waals surface area contributed by atoms with Gasteiger partial charge in [-0.25, -0.2) is 4.72 Å². The SMILES string of the molecule is CC1CCN(S(=O)(=O)[NH2+][C@@H](CO)C(=O)[O-])CC1. The molecule has 0 aromatic carbocycles. The number of carboxylic acids is 1. The van der Waals surface area contributed by atoms with E-state index in [1.807, 2.05) is 6.92 Å². The first-order valence-corrected chi connectivity index (χ1v) is 7.04. The lowest BCUT2D eigenvalue weighted by Gasteiger charge is -2.28. The molecule has 1 heterocycles. The van der Waals surface area contributed by atoms with Crippen LogP contribution in [0.15, 0.2) is 0 Å². The molecule has 1 fully saturated rings. The Morgan fingerprint density at radius 2 is 2.06 bits per heavy atom. The van der Waals surface area contributed by atoms with Crippen LogP contribution in [-0.4, -0.2) is 49.5 Å². The summed E-state index contributed by atoms with van der Waals surface area (Å²) < 4.78 is 25.6. The van der Waals surface area contributed by atoms with E-state index in [-0.39, 0.29) is 0 Å².